The molecule has 0 radical (unpaired) electrons. The summed E-state index contributed by atoms with van der Waals surface area (Å²) in [5, 5.41) is 0. The molecule has 1 unspecified atom stereocenters. The lowest BCUT2D eigenvalue weighted by Crippen LogP contribution is -2.57. The number of rotatable bonds is 3. The molecule has 0 spiro atoms. The van der Waals surface area contributed by atoms with Gasteiger partial charge in [0.15, 0.2) is 0 Å². The van der Waals surface area contributed by atoms with Crippen LogP contribution in [0.1, 0.15) is 33.6 Å². The lowest BCUT2D eigenvalue weighted by molar-refractivity contribution is -0.200. The van der Waals surface area contributed by atoms with Crippen LogP contribution >= 0.6 is 0 Å². The van der Waals surface area contributed by atoms with Crippen LogP contribution in [0.3, 0.4) is 0 Å². The molecule has 12 heavy (non-hydrogen) atoms. The fraction of sp³-hybridized carbons (Fsp3) is 1.00. The molecule has 0 aromatic rings. The number of nitrogens with two attached hydrogens (primary N) is 1. The number of hydrogen-bond donors (Lipinski definition) is 1. The molecule has 0 saturated heterocycles. The van der Waals surface area contributed by atoms with Crippen LogP contribution < -0.4 is 5.73 Å². The molecular weight excluding hydrogens is 167 g/mol. The van der Waals surface area contributed by atoms with Crippen LogP contribution in [0.25, 0.3) is 0 Å². The van der Waals surface area contributed by atoms with Gasteiger partial charge in [0.2, 0.25) is 0 Å². The van der Waals surface area contributed by atoms with Gasteiger partial charge in [-0.3, -0.25) is 0 Å². The molecule has 74 valence electrons. The third kappa shape index (κ3) is 2.12. The summed E-state index contributed by atoms with van der Waals surface area (Å²) < 4.78 is 37.3. The highest BCUT2D eigenvalue weighted by Gasteiger charge is 2.52. The standard InChI is InChI=1S/C8H16F3N/c1-4-5-7(12,6(2)3)8(9,10)11/h6H,4-5,12H2,1-3H3. The summed E-state index contributed by atoms with van der Waals surface area (Å²) >= 11 is 0. The van der Waals surface area contributed by atoms with Crippen molar-refractivity contribution in [2.75, 3.05) is 0 Å². The van der Waals surface area contributed by atoms with Crippen molar-refractivity contribution in [1.82, 2.24) is 0 Å². The molecule has 0 aliphatic heterocycles. The first-order valence-electron chi connectivity index (χ1n) is 4.11. The maximum Gasteiger partial charge on any atom is 0.406 e. The van der Waals surface area contributed by atoms with E-state index in [1.807, 2.05) is 0 Å². The van der Waals surface area contributed by atoms with Crippen LogP contribution in [-0.2, 0) is 0 Å². The zero-order valence-electron chi connectivity index (χ0n) is 7.70. The summed E-state index contributed by atoms with van der Waals surface area (Å²) in [7, 11) is 0. The third-order valence-corrected chi connectivity index (χ3v) is 2.22. The Morgan fingerprint density at radius 3 is 1.75 bits per heavy atom. The average Bonchev–Trinajstić information content (AvgIpc) is 1.85. The Morgan fingerprint density at radius 1 is 1.25 bits per heavy atom. The molecule has 1 nitrogen and oxygen atoms in total. The lowest BCUT2D eigenvalue weighted by Gasteiger charge is -2.35. The summed E-state index contributed by atoms with van der Waals surface area (Å²) in [5.74, 6) is -0.572. The molecule has 2 N–H and O–H groups in total. The maximum atomic E-state index is 12.4. The Balaban J connectivity index is 4.62. The number of alkyl halides is 3. The summed E-state index contributed by atoms with van der Waals surface area (Å²) in [5.41, 5.74) is 3.29. The van der Waals surface area contributed by atoms with Gasteiger partial charge in [-0.2, -0.15) is 13.2 Å². The van der Waals surface area contributed by atoms with Gasteiger partial charge in [-0.05, 0) is 12.3 Å². The molecule has 0 amide bonds. The molecule has 1 atom stereocenters. The van der Waals surface area contributed by atoms with Gasteiger partial charge in [0.05, 0.1) is 0 Å². The van der Waals surface area contributed by atoms with Crippen molar-refractivity contribution in [3.8, 4) is 0 Å². The molecule has 0 rings (SSSR count). The highest BCUT2D eigenvalue weighted by atomic mass is 19.4. The van der Waals surface area contributed by atoms with Crippen molar-refractivity contribution in [3.05, 3.63) is 0 Å². The van der Waals surface area contributed by atoms with Crippen molar-refractivity contribution in [2.45, 2.75) is 45.3 Å². The van der Waals surface area contributed by atoms with Gasteiger partial charge in [0, 0.05) is 0 Å². The van der Waals surface area contributed by atoms with E-state index in [0.717, 1.165) is 0 Å². The summed E-state index contributed by atoms with van der Waals surface area (Å²) in [4.78, 5) is 0. The summed E-state index contributed by atoms with van der Waals surface area (Å²) in [6.45, 7) is 4.71. The molecule has 0 fully saturated rings. The second-order valence-corrected chi connectivity index (χ2v) is 3.44. The lowest BCUT2D eigenvalue weighted by atomic mass is 9.83. The van der Waals surface area contributed by atoms with E-state index < -0.39 is 17.6 Å². The van der Waals surface area contributed by atoms with Crippen LogP contribution in [0.2, 0.25) is 0 Å². The summed E-state index contributed by atoms with van der Waals surface area (Å²) in [6, 6.07) is 0. The van der Waals surface area contributed by atoms with E-state index in [2.05, 4.69) is 0 Å². The van der Waals surface area contributed by atoms with Crippen LogP contribution in [-0.4, -0.2) is 11.7 Å². The minimum atomic E-state index is -4.29. The third-order valence-electron chi connectivity index (χ3n) is 2.22. The zero-order chi connectivity index (χ0) is 9.99. The quantitative estimate of drug-likeness (QED) is 0.715. The Morgan fingerprint density at radius 2 is 1.67 bits per heavy atom. The Hall–Kier alpha value is -0.250. The molecule has 0 aromatic heterocycles. The Labute approximate surface area is 71.1 Å². The van der Waals surface area contributed by atoms with E-state index >= 15 is 0 Å². The Kier molecular flexibility index (Phi) is 3.57. The monoisotopic (exact) mass is 183 g/mol. The maximum absolute atomic E-state index is 12.4. The predicted molar refractivity (Wildman–Crippen MR) is 42.7 cm³/mol. The van der Waals surface area contributed by atoms with E-state index in [9.17, 15) is 13.2 Å². The number of halogens is 3. The van der Waals surface area contributed by atoms with Gasteiger partial charge in [-0.1, -0.05) is 27.2 Å². The molecular formula is C8H16F3N. The van der Waals surface area contributed by atoms with E-state index in [4.69, 9.17) is 5.73 Å². The van der Waals surface area contributed by atoms with Gasteiger partial charge in [0.1, 0.15) is 5.54 Å². The largest absolute Gasteiger partial charge is 0.406 e. The first-order chi connectivity index (χ1) is 5.25. The highest BCUT2D eigenvalue weighted by molar-refractivity contribution is 4.93. The molecule has 0 saturated carbocycles. The zero-order valence-corrected chi connectivity index (χ0v) is 7.70. The first-order valence-corrected chi connectivity index (χ1v) is 4.11. The van der Waals surface area contributed by atoms with E-state index in [1.54, 1.807) is 6.92 Å². The molecule has 0 aliphatic carbocycles. The highest BCUT2D eigenvalue weighted by Crippen LogP contribution is 2.37. The van der Waals surface area contributed by atoms with Crippen LogP contribution in [0.4, 0.5) is 13.2 Å². The molecule has 0 aromatic carbocycles. The van der Waals surface area contributed by atoms with Gasteiger partial charge in [-0.15, -0.1) is 0 Å². The normalized spacial score (nSPS) is 18.0. The minimum Gasteiger partial charge on any atom is -0.317 e. The smallest absolute Gasteiger partial charge is 0.317 e. The minimum absolute atomic E-state index is 0.00579. The van der Waals surface area contributed by atoms with E-state index in [-0.39, 0.29) is 6.42 Å². The fourth-order valence-electron chi connectivity index (χ4n) is 1.17. The van der Waals surface area contributed by atoms with Crippen molar-refractivity contribution < 1.29 is 13.2 Å². The topological polar surface area (TPSA) is 26.0 Å². The van der Waals surface area contributed by atoms with Crippen molar-refractivity contribution in [3.63, 3.8) is 0 Å². The van der Waals surface area contributed by atoms with Gasteiger partial charge in [-0.25, -0.2) is 0 Å². The van der Waals surface area contributed by atoms with Crippen molar-refractivity contribution >= 4 is 0 Å². The van der Waals surface area contributed by atoms with Crippen molar-refractivity contribution in [2.24, 2.45) is 11.7 Å². The fourth-order valence-corrected chi connectivity index (χ4v) is 1.17. The van der Waals surface area contributed by atoms with E-state index in [1.165, 1.54) is 13.8 Å². The molecule has 0 aliphatic rings. The SMILES string of the molecule is CCCC(N)(C(C)C)C(F)(F)F. The van der Waals surface area contributed by atoms with Gasteiger partial charge >= 0.3 is 6.18 Å². The first kappa shape index (κ1) is 11.8. The Bertz CT molecular complexity index is 142. The van der Waals surface area contributed by atoms with Gasteiger partial charge < -0.3 is 5.73 Å². The van der Waals surface area contributed by atoms with Crippen LogP contribution in [0.5, 0.6) is 0 Å². The van der Waals surface area contributed by atoms with Crippen molar-refractivity contribution in [1.29, 1.82) is 0 Å². The summed E-state index contributed by atoms with van der Waals surface area (Å²) in [6.07, 6.45) is -3.85. The van der Waals surface area contributed by atoms with Gasteiger partial charge in [0.25, 0.3) is 0 Å². The molecule has 0 bridgehead atoms. The average molecular weight is 183 g/mol. The number of hydrogen-bond acceptors (Lipinski definition) is 1. The second kappa shape index (κ2) is 3.64. The second-order valence-electron chi connectivity index (χ2n) is 3.44. The molecule has 4 heteroatoms. The van der Waals surface area contributed by atoms with Crippen LogP contribution in [0.15, 0.2) is 0 Å². The molecule has 0 heterocycles. The predicted octanol–water partition coefficient (Wildman–Crippen LogP) is 2.70. The van der Waals surface area contributed by atoms with Crippen LogP contribution in [0, 0.1) is 5.92 Å². The van der Waals surface area contributed by atoms with E-state index in [0.29, 0.717) is 6.42 Å².